The first-order valence-electron chi connectivity index (χ1n) is 5.86. The standard InChI is InChI=1S/C13H13ClFN3O/c1-2-5-19-13-7-12(16-8-17-13)18-9-3-4-11(15)10(14)6-9/h3-4,6-8H,2,5H2,1H3,(H,16,17,18). The summed E-state index contributed by atoms with van der Waals surface area (Å²) in [6.45, 7) is 2.61. The molecule has 0 spiro atoms. The molecular formula is C13H13ClFN3O. The van der Waals surface area contributed by atoms with Gasteiger partial charge in [-0.2, -0.15) is 0 Å². The third kappa shape index (κ3) is 3.79. The molecule has 0 amide bonds. The Labute approximate surface area is 115 Å². The van der Waals surface area contributed by atoms with Crippen molar-refractivity contribution in [3.63, 3.8) is 0 Å². The van der Waals surface area contributed by atoms with Crippen molar-refractivity contribution in [2.45, 2.75) is 13.3 Å². The van der Waals surface area contributed by atoms with Gasteiger partial charge in [-0.1, -0.05) is 18.5 Å². The van der Waals surface area contributed by atoms with E-state index in [-0.39, 0.29) is 5.02 Å². The smallest absolute Gasteiger partial charge is 0.218 e. The van der Waals surface area contributed by atoms with E-state index in [0.29, 0.717) is 24.0 Å². The lowest BCUT2D eigenvalue weighted by molar-refractivity contribution is 0.305. The van der Waals surface area contributed by atoms with Gasteiger partial charge in [0.25, 0.3) is 0 Å². The van der Waals surface area contributed by atoms with Crippen molar-refractivity contribution < 1.29 is 9.13 Å². The monoisotopic (exact) mass is 281 g/mol. The maximum atomic E-state index is 13.0. The lowest BCUT2D eigenvalue weighted by Crippen LogP contribution is -2.00. The molecule has 2 rings (SSSR count). The van der Waals surface area contributed by atoms with Crippen LogP contribution >= 0.6 is 11.6 Å². The number of nitrogens with zero attached hydrogens (tertiary/aromatic N) is 2. The summed E-state index contributed by atoms with van der Waals surface area (Å²) in [5.74, 6) is 0.596. The van der Waals surface area contributed by atoms with Gasteiger partial charge >= 0.3 is 0 Å². The van der Waals surface area contributed by atoms with E-state index in [2.05, 4.69) is 15.3 Å². The van der Waals surface area contributed by atoms with Crippen LogP contribution in [-0.4, -0.2) is 16.6 Å². The van der Waals surface area contributed by atoms with Crippen LogP contribution in [0.4, 0.5) is 15.9 Å². The summed E-state index contributed by atoms with van der Waals surface area (Å²) in [4.78, 5) is 8.05. The molecule has 1 heterocycles. The molecule has 2 aromatic rings. The van der Waals surface area contributed by atoms with Gasteiger partial charge in [0.2, 0.25) is 5.88 Å². The van der Waals surface area contributed by atoms with Crippen LogP contribution < -0.4 is 10.1 Å². The first-order chi connectivity index (χ1) is 9.19. The van der Waals surface area contributed by atoms with E-state index in [1.165, 1.54) is 18.5 Å². The number of rotatable bonds is 5. The van der Waals surface area contributed by atoms with Gasteiger partial charge in [0, 0.05) is 11.8 Å². The minimum Gasteiger partial charge on any atom is -0.478 e. The molecule has 6 heteroatoms. The number of halogens is 2. The Morgan fingerprint density at radius 1 is 1.32 bits per heavy atom. The predicted octanol–water partition coefficient (Wildman–Crippen LogP) is 3.80. The molecule has 100 valence electrons. The van der Waals surface area contributed by atoms with E-state index < -0.39 is 5.82 Å². The molecule has 1 N–H and O–H groups in total. The number of hydrogen-bond donors (Lipinski definition) is 1. The van der Waals surface area contributed by atoms with Crippen LogP contribution in [-0.2, 0) is 0 Å². The second kappa shape index (κ2) is 6.33. The van der Waals surface area contributed by atoms with Gasteiger partial charge in [0.1, 0.15) is 18.0 Å². The van der Waals surface area contributed by atoms with Crippen molar-refractivity contribution in [3.05, 3.63) is 41.4 Å². The number of nitrogens with one attached hydrogen (secondary N) is 1. The van der Waals surface area contributed by atoms with Gasteiger partial charge < -0.3 is 10.1 Å². The van der Waals surface area contributed by atoms with E-state index in [1.54, 1.807) is 12.1 Å². The van der Waals surface area contributed by atoms with Crippen molar-refractivity contribution in [2.75, 3.05) is 11.9 Å². The second-order valence-electron chi connectivity index (χ2n) is 3.84. The van der Waals surface area contributed by atoms with Gasteiger partial charge in [-0.05, 0) is 24.6 Å². The lowest BCUT2D eigenvalue weighted by Gasteiger charge is -2.08. The molecule has 0 atom stereocenters. The van der Waals surface area contributed by atoms with E-state index in [1.807, 2.05) is 6.92 Å². The Morgan fingerprint density at radius 2 is 2.16 bits per heavy atom. The summed E-state index contributed by atoms with van der Waals surface area (Å²) in [7, 11) is 0. The highest BCUT2D eigenvalue weighted by molar-refractivity contribution is 6.31. The third-order valence-electron chi connectivity index (χ3n) is 2.29. The Morgan fingerprint density at radius 3 is 2.89 bits per heavy atom. The molecule has 4 nitrogen and oxygen atoms in total. The zero-order chi connectivity index (χ0) is 13.7. The van der Waals surface area contributed by atoms with E-state index in [0.717, 1.165) is 6.42 Å². The molecule has 0 aliphatic heterocycles. The highest BCUT2D eigenvalue weighted by Crippen LogP contribution is 2.22. The van der Waals surface area contributed by atoms with Crippen molar-refractivity contribution in [1.29, 1.82) is 0 Å². The van der Waals surface area contributed by atoms with Crippen molar-refractivity contribution in [3.8, 4) is 5.88 Å². The molecule has 19 heavy (non-hydrogen) atoms. The molecule has 0 saturated heterocycles. The van der Waals surface area contributed by atoms with Gasteiger partial charge in [0.15, 0.2) is 0 Å². The summed E-state index contributed by atoms with van der Waals surface area (Å²) in [6.07, 6.45) is 2.30. The minimum atomic E-state index is -0.457. The molecule has 0 bridgehead atoms. The summed E-state index contributed by atoms with van der Waals surface area (Å²) in [5.41, 5.74) is 0.645. The summed E-state index contributed by atoms with van der Waals surface area (Å²) < 4.78 is 18.4. The third-order valence-corrected chi connectivity index (χ3v) is 2.58. The molecule has 1 aromatic heterocycles. The summed E-state index contributed by atoms with van der Waals surface area (Å²) in [5, 5.41) is 3.06. The molecule has 0 radical (unpaired) electrons. The largest absolute Gasteiger partial charge is 0.478 e. The fourth-order valence-electron chi connectivity index (χ4n) is 1.42. The Hall–Kier alpha value is -1.88. The van der Waals surface area contributed by atoms with Crippen LogP contribution in [0.3, 0.4) is 0 Å². The van der Waals surface area contributed by atoms with Crippen molar-refractivity contribution in [2.24, 2.45) is 0 Å². The van der Waals surface area contributed by atoms with Crippen LogP contribution in [0, 0.1) is 5.82 Å². The van der Waals surface area contributed by atoms with E-state index >= 15 is 0 Å². The van der Waals surface area contributed by atoms with Crippen LogP contribution in [0.25, 0.3) is 0 Å². The summed E-state index contributed by atoms with van der Waals surface area (Å²) in [6, 6.07) is 6.04. The van der Waals surface area contributed by atoms with Crippen LogP contribution in [0.15, 0.2) is 30.6 Å². The predicted molar refractivity (Wildman–Crippen MR) is 72.5 cm³/mol. The van der Waals surface area contributed by atoms with Gasteiger partial charge in [-0.25, -0.2) is 14.4 Å². The fourth-order valence-corrected chi connectivity index (χ4v) is 1.60. The SMILES string of the molecule is CCCOc1cc(Nc2ccc(F)c(Cl)c2)ncn1. The molecular weight excluding hydrogens is 269 g/mol. The van der Waals surface area contributed by atoms with Gasteiger partial charge in [-0.15, -0.1) is 0 Å². The molecule has 0 saturated carbocycles. The number of benzene rings is 1. The first-order valence-corrected chi connectivity index (χ1v) is 6.23. The molecule has 1 aromatic carbocycles. The first kappa shape index (κ1) is 13.5. The maximum absolute atomic E-state index is 13.0. The van der Waals surface area contributed by atoms with Crippen molar-refractivity contribution >= 4 is 23.1 Å². The topological polar surface area (TPSA) is 47.0 Å². The highest BCUT2D eigenvalue weighted by Gasteiger charge is 2.03. The van der Waals surface area contributed by atoms with Gasteiger partial charge in [0.05, 0.1) is 11.6 Å². The normalized spacial score (nSPS) is 10.3. The maximum Gasteiger partial charge on any atom is 0.218 e. The highest BCUT2D eigenvalue weighted by atomic mass is 35.5. The second-order valence-corrected chi connectivity index (χ2v) is 4.25. The van der Waals surface area contributed by atoms with E-state index in [9.17, 15) is 4.39 Å². The number of ether oxygens (including phenoxy) is 1. The fraction of sp³-hybridized carbons (Fsp3) is 0.231. The molecule has 0 aliphatic carbocycles. The van der Waals surface area contributed by atoms with Gasteiger partial charge in [-0.3, -0.25) is 0 Å². The Bertz CT molecular complexity index is 565. The Kier molecular flexibility index (Phi) is 4.52. The zero-order valence-corrected chi connectivity index (χ0v) is 11.1. The average molecular weight is 282 g/mol. The lowest BCUT2D eigenvalue weighted by atomic mass is 10.3. The Balaban J connectivity index is 2.11. The molecule has 0 unspecified atom stereocenters. The average Bonchev–Trinajstić information content (AvgIpc) is 2.41. The van der Waals surface area contributed by atoms with Crippen LogP contribution in [0.5, 0.6) is 5.88 Å². The quantitative estimate of drug-likeness (QED) is 0.905. The van der Waals surface area contributed by atoms with Crippen LogP contribution in [0.1, 0.15) is 13.3 Å². The number of aromatic nitrogens is 2. The minimum absolute atomic E-state index is 0.0570. The summed E-state index contributed by atoms with van der Waals surface area (Å²) >= 11 is 5.71. The van der Waals surface area contributed by atoms with Crippen LogP contribution in [0.2, 0.25) is 5.02 Å². The number of hydrogen-bond acceptors (Lipinski definition) is 4. The van der Waals surface area contributed by atoms with Crippen molar-refractivity contribution in [1.82, 2.24) is 9.97 Å². The zero-order valence-electron chi connectivity index (χ0n) is 10.4. The van der Waals surface area contributed by atoms with E-state index in [4.69, 9.17) is 16.3 Å². The molecule has 0 aliphatic rings. The number of anilines is 2. The molecule has 0 fully saturated rings.